The summed E-state index contributed by atoms with van der Waals surface area (Å²) >= 11 is 3.05. The lowest BCUT2D eigenvalue weighted by molar-refractivity contribution is 0.312. The lowest BCUT2D eigenvalue weighted by Gasteiger charge is -2.10. The van der Waals surface area contributed by atoms with Crippen LogP contribution in [0.2, 0.25) is 0 Å². The standard InChI is InChI=1S/C16H16BrF2NO/c1-11-3-2-4-12(9-11)21-8-7-20-10-13-15(18)6-5-14(17)16(13)19/h2-6,9,20H,7-8,10H2,1H3. The highest BCUT2D eigenvalue weighted by Crippen LogP contribution is 2.21. The molecule has 0 spiro atoms. The van der Waals surface area contributed by atoms with E-state index in [-0.39, 0.29) is 16.6 Å². The number of ether oxygens (including phenoxy) is 1. The minimum Gasteiger partial charge on any atom is -0.492 e. The maximum atomic E-state index is 13.7. The van der Waals surface area contributed by atoms with Crippen molar-refractivity contribution in [1.29, 1.82) is 0 Å². The fourth-order valence-electron chi connectivity index (χ4n) is 1.89. The average Bonchev–Trinajstić information content (AvgIpc) is 2.46. The molecule has 0 aliphatic carbocycles. The Morgan fingerprint density at radius 1 is 1.19 bits per heavy atom. The van der Waals surface area contributed by atoms with Crippen molar-refractivity contribution in [3.63, 3.8) is 0 Å². The number of hydrogen-bond donors (Lipinski definition) is 1. The van der Waals surface area contributed by atoms with Gasteiger partial charge in [0.2, 0.25) is 0 Å². The molecule has 21 heavy (non-hydrogen) atoms. The summed E-state index contributed by atoms with van der Waals surface area (Å²) in [7, 11) is 0. The maximum absolute atomic E-state index is 13.7. The Balaban J connectivity index is 1.79. The quantitative estimate of drug-likeness (QED) is 0.619. The summed E-state index contributed by atoms with van der Waals surface area (Å²) in [5.41, 5.74) is 1.15. The third-order valence-electron chi connectivity index (χ3n) is 2.98. The van der Waals surface area contributed by atoms with E-state index < -0.39 is 11.6 Å². The fourth-order valence-corrected chi connectivity index (χ4v) is 2.26. The number of rotatable bonds is 6. The lowest BCUT2D eigenvalue weighted by Crippen LogP contribution is -2.22. The van der Waals surface area contributed by atoms with Gasteiger partial charge in [0.1, 0.15) is 24.0 Å². The van der Waals surface area contributed by atoms with Gasteiger partial charge in [-0.1, -0.05) is 12.1 Å². The molecule has 1 N–H and O–H groups in total. The summed E-state index contributed by atoms with van der Waals surface area (Å²) in [5, 5.41) is 2.97. The van der Waals surface area contributed by atoms with Crippen molar-refractivity contribution in [3.05, 3.63) is 63.6 Å². The van der Waals surface area contributed by atoms with Crippen molar-refractivity contribution in [3.8, 4) is 5.75 Å². The predicted octanol–water partition coefficient (Wildman–Crippen LogP) is 4.20. The molecule has 0 aromatic heterocycles. The van der Waals surface area contributed by atoms with Crippen LogP contribution < -0.4 is 10.1 Å². The summed E-state index contributed by atoms with van der Waals surface area (Å²) < 4.78 is 33.1. The van der Waals surface area contributed by atoms with Crippen LogP contribution in [0.1, 0.15) is 11.1 Å². The van der Waals surface area contributed by atoms with Gasteiger partial charge in [-0.25, -0.2) is 8.78 Å². The van der Waals surface area contributed by atoms with Gasteiger partial charge in [0.25, 0.3) is 0 Å². The highest BCUT2D eigenvalue weighted by Gasteiger charge is 2.11. The topological polar surface area (TPSA) is 21.3 Å². The largest absolute Gasteiger partial charge is 0.492 e. The molecule has 5 heteroatoms. The first-order valence-electron chi connectivity index (χ1n) is 6.60. The van der Waals surface area contributed by atoms with Crippen molar-refractivity contribution < 1.29 is 13.5 Å². The molecule has 0 fully saturated rings. The first-order chi connectivity index (χ1) is 10.1. The van der Waals surface area contributed by atoms with E-state index in [9.17, 15) is 8.78 Å². The van der Waals surface area contributed by atoms with Gasteiger partial charge >= 0.3 is 0 Å². The van der Waals surface area contributed by atoms with Crippen LogP contribution in [0.4, 0.5) is 8.78 Å². The van der Waals surface area contributed by atoms with E-state index in [1.165, 1.54) is 12.1 Å². The third-order valence-corrected chi connectivity index (χ3v) is 3.59. The second-order valence-electron chi connectivity index (χ2n) is 4.66. The lowest BCUT2D eigenvalue weighted by atomic mass is 10.2. The number of benzene rings is 2. The monoisotopic (exact) mass is 355 g/mol. The Morgan fingerprint density at radius 2 is 2.00 bits per heavy atom. The van der Waals surface area contributed by atoms with E-state index in [0.717, 1.165) is 11.3 Å². The van der Waals surface area contributed by atoms with Crippen molar-refractivity contribution in [2.45, 2.75) is 13.5 Å². The van der Waals surface area contributed by atoms with Gasteiger partial charge in [0, 0.05) is 18.7 Å². The minimum absolute atomic E-state index is 0.0277. The van der Waals surface area contributed by atoms with Crippen LogP contribution in [0.15, 0.2) is 40.9 Å². The van der Waals surface area contributed by atoms with Crippen LogP contribution in [-0.4, -0.2) is 13.2 Å². The van der Waals surface area contributed by atoms with Crippen molar-refractivity contribution in [2.24, 2.45) is 0 Å². The molecule has 0 amide bonds. The highest BCUT2D eigenvalue weighted by molar-refractivity contribution is 9.10. The van der Waals surface area contributed by atoms with E-state index in [2.05, 4.69) is 21.2 Å². The Labute approximate surface area is 131 Å². The maximum Gasteiger partial charge on any atom is 0.144 e. The van der Waals surface area contributed by atoms with E-state index >= 15 is 0 Å². The molecule has 2 aromatic rings. The van der Waals surface area contributed by atoms with Crippen LogP contribution in [0.25, 0.3) is 0 Å². The molecule has 0 aliphatic rings. The molecule has 0 aliphatic heterocycles. The van der Waals surface area contributed by atoms with Crippen molar-refractivity contribution in [1.82, 2.24) is 5.32 Å². The van der Waals surface area contributed by atoms with Gasteiger partial charge in [-0.05, 0) is 52.7 Å². The molecular weight excluding hydrogens is 340 g/mol. The molecule has 0 radical (unpaired) electrons. The zero-order valence-corrected chi connectivity index (χ0v) is 13.2. The molecule has 0 saturated heterocycles. The second-order valence-corrected chi connectivity index (χ2v) is 5.52. The van der Waals surface area contributed by atoms with Crippen LogP contribution in [0.5, 0.6) is 5.75 Å². The highest BCUT2D eigenvalue weighted by atomic mass is 79.9. The summed E-state index contributed by atoms with van der Waals surface area (Å²) in [6, 6.07) is 10.3. The predicted molar refractivity (Wildman–Crippen MR) is 82.4 cm³/mol. The number of aryl methyl sites for hydroxylation is 1. The second kappa shape index (κ2) is 7.52. The smallest absolute Gasteiger partial charge is 0.144 e. The number of hydrogen-bond acceptors (Lipinski definition) is 2. The van der Waals surface area contributed by atoms with Crippen LogP contribution in [-0.2, 0) is 6.54 Å². The molecule has 0 bridgehead atoms. The van der Waals surface area contributed by atoms with Gasteiger partial charge in [-0.15, -0.1) is 0 Å². The Bertz CT molecular complexity index is 619. The summed E-state index contributed by atoms with van der Waals surface area (Å²) in [5.74, 6) is -0.332. The van der Waals surface area contributed by atoms with Gasteiger partial charge in [0.15, 0.2) is 0 Å². The van der Waals surface area contributed by atoms with Crippen LogP contribution >= 0.6 is 15.9 Å². The molecule has 0 heterocycles. The van der Waals surface area contributed by atoms with Crippen molar-refractivity contribution >= 4 is 15.9 Å². The molecule has 0 saturated carbocycles. The Morgan fingerprint density at radius 3 is 2.76 bits per heavy atom. The van der Waals surface area contributed by atoms with Crippen LogP contribution in [0, 0.1) is 18.6 Å². The number of nitrogens with one attached hydrogen (secondary N) is 1. The third kappa shape index (κ3) is 4.51. The SMILES string of the molecule is Cc1cccc(OCCNCc2c(F)ccc(Br)c2F)c1. The summed E-state index contributed by atoms with van der Waals surface area (Å²) in [6.07, 6.45) is 0. The Hall–Kier alpha value is -1.46. The molecule has 0 unspecified atom stereocenters. The van der Waals surface area contributed by atoms with E-state index in [1.807, 2.05) is 31.2 Å². The first kappa shape index (κ1) is 15.9. The minimum atomic E-state index is -0.567. The number of halogens is 3. The Kier molecular flexibility index (Phi) is 5.70. The summed E-state index contributed by atoms with van der Waals surface area (Å²) in [4.78, 5) is 0. The van der Waals surface area contributed by atoms with Gasteiger partial charge in [-0.3, -0.25) is 0 Å². The van der Waals surface area contributed by atoms with Gasteiger partial charge in [-0.2, -0.15) is 0 Å². The molecular formula is C16H16BrF2NO. The zero-order valence-electron chi connectivity index (χ0n) is 11.6. The average molecular weight is 356 g/mol. The van der Waals surface area contributed by atoms with Crippen molar-refractivity contribution in [2.75, 3.05) is 13.2 Å². The van der Waals surface area contributed by atoms with Gasteiger partial charge < -0.3 is 10.1 Å². The van der Waals surface area contributed by atoms with E-state index in [1.54, 1.807) is 0 Å². The molecule has 2 aromatic carbocycles. The van der Waals surface area contributed by atoms with Gasteiger partial charge in [0.05, 0.1) is 4.47 Å². The van der Waals surface area contributed by atoms with E-state index in [0.29, 0.717) is 13.2 Å². The zero-order chi connectivity index (χ0) is 15.2. The van der Waals surface area contributed by atoms with E-state index in [4.69, 9.17) is 4.74 Å². The fraction of sp³-hybridized carbons (Fsp3) is 0.250. The first-order valence-corrected chi connectivity index (χ1v) is 7.40. The summed E-state index contributed by atoms with van der Waals surface area (Å²) in [6.45, 7) is 3.04. The van der Waals surface area contributed by atoms with Crippen LogP contribution in [0.3, 0.4) is 0 Å². The molecule has 2 rings (SSSR count). The normalized spacial score (nSPS) is 10.7. The molecule has 2 nitrogen and oxygen atoms in total. The molecule has 112 valence electrons. The molecule has 0 atom stereocenters.